The highest BCUT2D eigenvalue weighted by atomic mass is 32.1. The zero-order valence-corrected chi connectivity index (χ0v) is 16.0. The topological polar surface area (TPSA) is 53.7 Å². The van der Waals surface area contributed by atoms with Crippen molar-refractivity contribution in [1.29, 1.82) is 0 Å². The van der Waals surface area contributed by atoms with Gasteiger partial charge in [0.15, 0.2) is 0 Å². The second kappa shape index (κ2) is 6.63. The zero-order chi connectivity index (χ0) is 18.4. The lowest BCUT2D eigenvalue weighted by molar-refractivity contribution is 0.111. The monoisotopic (exact) mass is 374 g/mol. The molecule has 3 aromatic rings. The summed E-state index contributed by atoms with van der Waals surface area (Å²) in [6, 6.07) is 6.47. The van der Waals surface area contributed by atoms with Gasteiger partial charge in [-0.05, 0) is 42.9 Å². The van der Waals surface area contributed by atoms with Crippen LogP contribution in [0.5, 0.6) is 5.88 Å². The van der Waals surface area contributed by atoms with E-state index in [0.29, 0.717) is 22.6 Å². The highest BCUT2D eigenvalue weighted by Crippen LogP contribution is 2.42. The predicted molar refractivity (Wildman–Crippen MR) is 100 cm³/mol. The van der Waals surface area contributed by atoms with Crippen molar-refractivity contribution >= 4 is 16.3 Å². The minimum Gasteiger partial charge on any atom is -0.492 e. The molecule has 0 saturated carbocycles. The molecular weight excluding hydrogens is 351 g/mol. The second-order valence-corrected chi connectivity index (χ2v) is 8.51. The van der Waals surface area contributed by atoms with E-state index in [1.165, 1.54) is 28.3 Å². The Bertz CT molecular complexity index is 927. The van der Waals surface area contributed by atoms with Crippen LogP contribution in [0.1, 0.15) is 42.6 Å². The van der Waals surface area contributed by atoms with Crippen LogP contribution in [0.15, 0.2) is 24.3 Å². The SMILES string of the molecule is Cc1nc2sc([C@H](c3cccc(F)c3)N3C[C@@H](C)C[C@H](C)C3)c(O)n2n1. The maximum Gasteiger partial charge on any atom is 0.230 e. The van der Waals surface area contributed by atoms with E-state index in [4.69, 9.17) is 0 Å². The summed E-state index contributed by atoms with van der Waals surface area (Å²) < 4.78 is 15.4. The summed E-state index contributed by atoms with van der Waals surface area (Å²) in [7, 11) is 0. The number of likely N-dealkylation sites (tertiary alicyclic amines) is 1. The van der Waals surface area contributed by atoms with Gasteiger partial charge >= 0.3 is 0 Å². The van der Waals surface area contributed by atoms with Crippen LogP contribution in [0.4, 0.5) is 4.39 Å². The second-order valence-electron chi connectivity index (χ2n) is 7.50. The molecule has 0 aliphatic carbocycles. The minimum atomic E-state index is -0.264. The molecule has 2 aromatic heterocycles. The molecule has 3 atom stereocenters. The number of rotatable bonds is 3. The molecule has 0 spiro atoms. The molecule has 1 aliphatic heterocycles. The number of thiazole rings is 1. The molecule has 5 nitrogen and oxygen atoms in total. The Balaban J connectivity index is 1.84. The molecule has 26 heavy (non-hydrogen) atoms. The van der Waals surface area contributed by atoms with E-state index in [1.807, 2.05) is 6.07 Å². The highest BCUT2D eigenvalue weighted by Gasteiger charge is 2.33. The Morgan fingerprint density at radius 1 is 1.27 bits per heavy atom. The van der Waals surface area contributed by atoms with Gasteiger partial charge in [-0.25, -0.2) is 9.37 Å². The summed E-state index contributed by atoms with van der Waals surface area (Å²) in [5.74, 6) is 1.58. The van der Waals surface area contributed by atoms with E-state index >= 15 is 0 Å². The quantitative estimate of drug-likeness (QED) is 0.753. The van der Waals surface area contributed by atoms with Crippen molar-refractivity contribution in [2.45, 2.75) is 33.2 Å². The molecule has 138 valence electrons. The van der Waals surface area contributed by atoms with Gasteiger partial charge in [0.2, 0.25) is 10.8 Å². The van der Waals surface area contributed by atoms with Crippen molar-refractivity contribution in [3.63, 3.8) is 0 Å². The number of aromatic hydroxyl groups is 1. The normalized spacial score (nSPS) is 22.8. The van der Waals surface area contributed by atoms with Crippen molar-refractivity contribution in [3.8, 4) is 5.88 Å². The van der Waals surface area contributed by atoms with E-state index in [1.54, 1.807) is 19.1 Å². The Labute approximate surface area is 156 Å². The van der Waals surface area contributed by atoms with Crippen LogP contribution >= 0.6 is 11.3 Å². The minimum absolute atomic E-state index is 0.103. The van der Waals surface area contributed by atoms with E-state index in [-0.39, 0.29) is 17.7 Å². The van der Waals surface area contributed by atoms with Crippen molar-refractivity contribution in [3.05, 3.63) is 46.3 Å². The lowest BCUT2D eigenvalue weighted by atomic mass is 9.89. The van der Waals surface area contributed by atoms with Crippen LogP contribution in [-0.4, -0.2) is 37.7 Å². The van der Waals surface area contributed by atoms with Crippen molar-refractivity contribution in [2.24, 2.45) is 11.8 Å². The predicted octanol–water partition coefficient (Wildman–Crippen LogP) is 4.01. The number of aromatic nitrogens is 3. The summed E-state index contributed by atoms with van der Waals surface area (Å²) in [6.07, 6.45) is 1.19. The molecule has 4 rings (SSSR count). The fraction of sp³-hybridized carbons (Fsp3) is 0.474. The van der Waals surface area contributed by atoms with Gasteiger partial charge in [-0.15, -0.1) is 5.10 Å². The molecule has 1 saturated heterocycles. The molecule has 1 fully saturated rings. The average molecular weight is 374 g/mol. The Kier molecular flexibility index (Phi) is 4.44. The van der Waals surface area contributed by atoms with Crippen molar-refractivity contribution in [1.82, 2.24) is 19.5 Å². The van der Waals surface area contributed by atoms with Crippen LogP contribution in [0.25, 0.3) is 4.96 Å². The third-order valence-electron chi connectivity index (χ3n) is 4.98. The fourth-order valence-corrected chi connectivity index (χ4v) is 5.32. The molecule has 1 N–H and O–H groups in total. The summed E-state index contributed by atoms with van der Waals surface area (Å²) in [5.41, 5.74) is 0.850. The first-order valence-electron chi connectivity index (χ1n) is 8.97. The van der Waals surface area contributed by atoms with E-state index in [0.717, 1.165) is 23.5 Å². The summed E-state index contributed by atoms with van der Waals surface area (Å²) in [4.78, 5) is 8.17. The molecule has 0 radical (unpaired) electrons. The molecule has 1 aliphatic rings. The summed E-state index contributed by atoms with van der Waals surface area (Å²) in [5, 5.41) is 15.1. The van der Waals surface area contributed by atoms with Gasteiger partial charge in [0.05, 0.1) is 10.9 Å². The van der Waals surface area contributed by atoms with Crippen LogP contribution in [-0.2, 0) is 0 Å². The van der Waals surface area contributed by atoms with Crippen molar-refractivity contribution < 1.29 is 9.50 Å². The van der Waals surface area contributed by atoms with Gasteiger partial charge in [-0.3, -0.25) is 4.90 Å². The first-order chi connectivity index (χ1) is 12.4. The molecule has 0 unspecified atom stereocenters. The van der Waals surface area contributed by atoms with Gasteiger partial charge in [-0.1, -0.05) is 37.3 Å². The number of aryl methyl sites for hydroxylation is 1. The smallest absolute Gasteiger partial charge is 0.230 e. The molecule has 0 amide bonds. The molecule has 0 bridgehead atoms. The summed E-state index contributed by atoms with van der Waals surface area (Å²) in [6.45, 7) is 8.13. The first-order valence-corrected chi connectivity index (χ1v) is 9.78. The number of piperidine rings is 1. The first kappa shape index (κ1) is 17.4. The number of hydrogen-bond acceptors (Lipinski definition) is 5. The van der Waals surface area contributed by atoms with E-state index < -0.39 is 0 Å². The van der Waals surface area contributed by atoms with Crippen LogP contribution in [0.2, 0.25) is 0 Å². The standard InChI is InChI=1S/C19H23FN4OS/c1-11-7-12(2)10-23(9-11)16(14-5-4-6-15(20)8-14)17-18(25)24-19(26-17)21-13(3)22-24/h4-6,8,11-12,16,25H,7,9-10H2,1-3H3/t11-,12-,16-/m0/s1. The Hall–Kier alpha value is -1.99. The summed E-state index contributed by atoms with van der Waals surface area (Å²) >= 11 is 1.42. The average Bonchev–Trinajstić information content (AvgIpc) is 3.05. The van der Waals surface area contributed by atoms with Gasteiger partial charge in [-0.2, -0.15) is 4.52 Å². The lowest BCUT2D eigenvalue weighted by Crippen LogP contribution is -2.41. The van der Waals surface area contributed by atoms with E-state index in [2.05, 4.69) is 28.8 Å². The highest BCUT2D eigenvalue weighted by molar-refractivity contribution is 7.17. The maximum atomic E-state index is 14.0. The van der Waals surface area contributed by atoms with Crippen LogP contribution in [0.3, 0.4) is 0 Å². The number of fused-ring (bicyclic) bond motifs is 1. The molecule has 7 heteroatoms. The lowest BCUT2D eigenvalue weighted by Gasteiger charge is -2.40. The van der Waals surface area contributed by atoms with Crippen molar-refractivity contribution in [2.75, 3.05) is 13.1 Å². The molecular formula is C19H23FN4OS. The Morgan fingerprint density at radius 2 is 2.00 bits per heavy atom. The van der Waals surface area contributed by atoms with Gasteiger partial charge in [0.25, 0.3) is 0 Å². The largest absolute Gasteiger partial charge is 0.492 e. The van der Waals surface area contributed by atoms with Gasteiger partial charge in [0.1, 0.15) is 11.6 Å². The molecule has 1 aromatic carbocycles. The number of halogens is 1. The number of benzene rings is 1. The van der Waals surface area contributed by atoms with Gasteiger partial charge < -0.3 is 5.11 Å². The third kappa shape index (κ3) is 3.10. The number of nitrogens with zero attached hydrogens (tertiary/aromatic N) is 4. The number of hydrogen-bond donors (Lipinski definition) is 1. The van der Waals surface area contributed by atoms with Gasteiger partial charge in [0, 0.05) is 13.1 Å². The fourth-order valence-electron chi connectivity index (χ4n) is 4.15. The van der Waals surface area contributed by atoms with Crippen LogP contribution in [0, 0.1) is 24.6 Å². The zero-order valence-electron chi connectivity index (χ0n) is 15.2. The van der Waals surface area contributed by atoms with Crippen LogP contribution < -0.4 is 0 Å². The third-order valence-corrected chi connectivity index (χ3v) is 6.05. The maximum absolute atomic E-state index is 14.0. The van der Waals surface area contributed by atoms with E-state index in [9.17, 15) is 9.50 Å². The molecule has 3 heterocycles. The Morgan fingerprint density at radius 3 is 2.65 bits per heavy atom.